The van der Waals surface area contributed by atoms with Crippen LogP contribution < -0.4 is 10.2 Å². The first-order valence-corrected chi connectivity index (χ1v) is 10.5. The van der Waals surface area contributed by atoms with Crippen molar-refractivity contribution in [2.24, 2.45) is 5.10 Å². The van der Waals surface area contributed by atoms with Gasteiger partial charge >= 0.3 is 0 Å². The lowest BCUT2D eigenvalue weighted by Gasteiger charge is -2.12. The predicted molar refractivity (Wildman–Crippen MR) is 129 cm³/mol. The number of nitrogens with one attached hydrogen (secondary N) is 1. The Morgan fingerprint density at radius 1 is 0.750 bits per heavy atom. The van der Waals surface area contributed by atoms with Gasteiger partial charge in [-0.3, -0.25) is 4.79 Å². The van der Waals surface area contributed by atoms with Crippen LogP contribution in [0.3, 0.4) is 0 Å². The Morgan fingerprint density at radius 2 is 1.38 bits per heavy atom. The highest BCUT2D eigenvalue weighted by atomic mass is 16.5. The maximum absolute atomic E-state index is 12.4. The summed E-state index contributed by atoms with van der Waals surface area (Å²) in [6, 6.07) is 35.2. The maximum atomic E-state index is 12.4. The number of ether oxygens (including phenoxy) is 1. The van der Waals surface area contributed by atoms with Gasteiger partial charge in [0.2, 0.25) is 0 Å². The van der Waals surface area contributed by atoms with E-state index < -0.39 is 0 Å². The lowest BCUT2D eigenvalue weighted by Crippen LogP contribution is -2.19. The second-order valence-electron chi connectivity index (χ2n) is 7.35. The zero-order chi connectivity index (χ0) is 22.2. The highest BCUT2D eigenvalue weighted by Gasteiger charge is 2.08. The molecule has 0 bridgehead atoms. The van der Waals surface area contributed by atoms with E-state index in [9.17, 15) is 4.79 Å². The number of nitrogens with zero attached hydrogens (tertiary/aromatic N) is 1. The van der Waals surface area contributed by atoms with Gasteiger partial charge in [-0.15, -0.1) is 0 Å². The molecule has 0 aliphatic carbocycles. The van der Waals surface area contributed by atoms with Crippen molar-refractivity contribution in [1.29, 1.82) is 0 Å². The average molecular weight is 421 g/mol. The molecule has 4 aromatic carbocycles. The Morgan fingerprint density at radius 3 is 2.09 bits per heavy atom. The molecule has 4 heteroatoms. The molecule has 0 unspecified atom stereocenters. The maximum Gasteiger partial charge on any atom is 0.271 e. The Kier molecular flexibility index (Phi) is 6.73. The Bertz CT molecular complexity index is 1200. The molecule has 0 heterocycles. The SMILES string of the molecule is C/C(=N/NC(=O)c1ccc(COc2ccccc2-c2ccccc2)cc1)c1ccccc1. The standard InChI is InChI=1S/C28H24N2O2/c1-21(23-10-4-2-5-11-23)29-30-28(31)25-18-16-22(17-19-25)20-32-27-15-9-8-14-26(27)24-12-6-3-7-13-24/h2-19H,20H2,1H3,(H,30,31)/b29-21-. The third-order valence-electron chi connectivity index (χ3n) is 5.10. The van der Waals surface area contributed by atoms with E-state index in [0.29, 0.717) is 12.2 Å². The van der Waals surface area contributed by atoms with Gasteiger partial charge in [-0.05, 0) is 41.8 Å². The zero-order valence-corrected chi connectivity index (χ0v) is 17.9. The number of rotatable bonds is 7. The van der Waals surface area contributed by atoms with E-state index in [0.717, 1.165) is 33.7 Å². The molecule has 0 saturated carbocycles. The molecule has 4 rings (SSSR count). The van der Waals surface area contributed by atoms with Crippen molar-refractivity contribution in [1.82, 2.24) is 5.43 Å². The van der Waals surface area contributed by atoms with Crippen molar-refractivity contribution in [3.8, 4) is 16.9 Å². The van der Waals surface area contributed by atoms with Gasteiger partial charge in [0.25, 0.3) is 5.91 Å². The lowest BCUT2D eigenvalue weighted by molar-refractivity contribution is 0.0955. The summed E-state index contributed by atoms with van der Waals surface area (Å²) < 4.78 is 6.08. The second kappa shape index (κ2) is 10.2. The van der Waals surface area contributed by atoms with E-state index in [4.69, 9.17) is 4.74 Å². The van der Waals surface area contributed by atoms with Crippen LogP contribution >= 0.6 is 0 Å². The highest BCUT2D eigenvalue weighted by molar-refractivity contribution is 6.00. The van der Waals surface area contributed by atoms with Gasteiger partial charge in [-0.2, -0.15) is 5.10 Å². The van der Waals surface area contributed by atoms with Gasteiger partial charge in [0.15, 0.2) is 0 Å². The number of hydrogen-bond acceptors (Lipinski definition) is 3. The normalized spacial score (nSPS) is 11.1. The van der Waals surface area contributed by atoms with E-state index >= 15 is 0 Å². The lowest BCUT2D eigenvalue weighted by atomic mass is 10.0. The summed E-state index contributed by atoms with van der Waals surface area (Å²) in [5, 5.41) is 4.20. The number of benzene rings is 4. The van der Waals surface area contributed by atoms with Crippen LogP contribution in [0.25, 0.3) is 11.1 Å². The number of para-hydroxylation sites is 1. The summed E-state index contributed by atoms with van der Waals surface area (Å²) in [4.78, 5) is 12.4. The molecule has 0 fully saturated rings. The minimum Gasteiger partial charge on any atom is -0.488 e. The molecular weight excluding hydrogens is 396 g/mol. The summed E-state index contributed by atoms with van der Waals surface area (Å²) in [5.41, 5.74) is 8.03. The van der Waals surface area contributed by atoms with Crippen LogP contribution in [0.15, 0.2) is 114 Å². The fourth-order valence-electron chi connectivity index (χ4n) is 3.31. The van der Waals surface area contributed by atoms with Crippen molar-refractivity contribution in [2.45, 2.75) is 13.5 Å². The molecule has 0 aromatic heterocycles. The Hall–Kier alpha value is -4.18. The van der Waals surface area contributed by atoms with E-state index in [1.807, 2.05) is 85.8 Å². The first-order valence-electron chi connectivity index (χ1n) is 10.5. The minimum absolute atomic E-state index is 0.248. The zero-order valence-electron chi connectivity index (χ0n) is 17.9. The molecule has 0 aliphatic rings. The van der Waals surface area contributed by atoms with Gasteiger partial charge in [0.05, 0.1) is 5.71 Å². The molecule has 1 amide bonds. The van der Waals surface area contributed by atoms with Crippen molar-refractivity contribution in [3.63, 3.8) is 0 Å². The van der Waals surface area contributed by atoms with Crippen LogP contribution in [0.5, 0.6) is 5.75 Å². The van der Waals surface area contributed by atoms with Crippen LogP contribution in [-0.2, 0) is 6.61 Å². The van der Waals surface area contributed by atoms with Gasteiger partial charge in [0.1, 0.15) is 12.4 Å². The Balaban J connectivity index is 1.38. The molecule has 0 atom stereocenters. The monoisotopic (exact) mass is 420 g/mol. The summed E-state index contributed by atoms with van der Waals surface area (Å²) in [7, 11) is 0. The van der Waals surface area contributed by atoms with Crippen LogP contribution in [0, 0.1) is 0 Å². The summed E-state index contributed by atoms with van der Waals surface area (Å²) in [6.07, 6.45) is 0. The van der Waals surface area contributed by atoms with Gasteiger partial charge in [-0.1, -0.05) is 91.0 Å². The fraction of sp³-hybridized carbons (Fsp3) is 0.0714. The second-order valence-corrected chi connectivity index (χ2v) is 7.35. The molecule has 32 heavy (non-hydrogen) atoms. The largest absolute Gasteiger partial charge is 0.488 e. The molecule has 0 aliphatic heterocycles. The first kappa shape index (κ1) is 21.1. The quantitative estimate of drug-likeness (QED) is 0.291. The topological polar surface area (TPSA) is 50.7 Å². The molecule has 0 saturated heterocycles. The summed E-state index contributed by atoms with van der Waals surface area (Å²) in [6.45, 7) is 2.28. The number of hydrazone groups is 1. The van der Waals surface area contributed by atoms with Gasteiger partial charge in [-0.25, -0.2) is 5.43 Å². The van der Waals surface area contributed by atoms with Crippen LogP contribution in [0.4, 0.5) is 0 Å². The van der Waals surface area contributed by atoms with Crippen molar-refractivity contribution in [3.05, 3.63) is 126 Å². The molecule has 1 N–H and O–H groups in total. The summed E-state index contributed by atoms with van der Waals surface area (Å²) in [5.74, 6) is 0.577. The smallest absolute Gasteiger partial charge is 0.271 e. The van der Waals surface area contributed by atoms with Crippen molar-refractivity contribution >= 4 is 11.6 Å². The number of amides is 1. The third-order valence-corrected chi connectivity index (χ3v) is 5.10. The average Bonchev–Trinajstić information content (AvgIpc) is 2.87. The van der Waals surface area contributed by atoms with Crippen LogP contribution in [0.2, 0.25) is 0 Å². The predicted octanol–water partition coefficient (Wildman–Crippen LogP) is 6.09. The van der Waals surface area contributed by atoms with E-state index in [1.54, 1.807) is 12.1 Å². The van der Waals surface area contributed by atoms with E-state index in [-0.39, 0.29) is 5.91 Å². The minimum atomic E-state index is -0.248. The molecule has 0 radical (unpaired) electrons. The summed E-state index contributed by atoms with van der Waals surface area (Å²) >= 11 is 0. The van der Waals surface area contributed by atoms with E-state index in [2.05, 4.69) is 28.7 Å². The molecule has 0 spiro atoms. The number of carbonyl (C=O) groups is 1. The van der Waals surface area contributed by atoms with Gasteiger partial charge < -0.3 is 4.74 Å². The van der Waals surface area contributed by atoms with Crippen molar-refractivity contribution < 1.29 is 9.53 Å². The number of carbonyl (C=O) groups excluding carboxylic acids is 1. The van der Waals surface area contributed by atoms with Gasteiger partial charge in [0, 0.05) is 11.1 Å². The highest BCUT2D eigenvalue weighted by Crippen LogP contribution is 2.30. The molecule has 4 aromatic rings. The fourth-order valence-corrected chi connectivity index (χ4v) is 3.31. The first-order chi connectivity index (χ1) is 15.7. The molecule has 158 valence electrons. The molecule has 4 nitrogen and oxygen atoms in total. The Labute approximate surface area is 188 Å². The molecular formula is C28H24N2O2. The van der Waals surface area contributed by atoms with Crippen LogP contribution in [0.1, 0.15) is 28.4 Å². The number of hydrogen-bond donors (Lipinski definition) is 1. The van der Waals surface area contributed by atoms with Crippen LogP contribution in [-0.4, -0.2) is 11.6 Å². The van der Waals surface area contributed by atoms with Crippen molar-refractivity contribution in [2.75, 3.05) is 0 Å². The third kappa shape index (κ3) is 5.29. The van der Waals surface area contributed by atoms with E-state index in [1.165, 1.54) is 0 Å².